The van der Waals surface area contributed by atoms with Gasteiger partial charge >= 0.3 is 0 Å². The number of hydrogen-bond acceptors (Lipinski definition) is 1. The van der Waals surface area contributed by atoms with Crippen LogP contribution in [0, 0.1) is 0 Å². The van der Waals surface area contributed by atoms with Crippen molar-refractivity contribution in [1.82, 2.24) is 0 Å². The normalized spacial score (nSPS) is 12.3. The van der Waals surface area contributed by atoms with Crippen molar-refractivity contribution < 1.29 is 0 Å². The maximum Gasteiger partial charge on any atom is 0.000157 e. The minimum absolute atomic E-state index is 0.420. The molecule has 0 bridgehead atoms. The van der Waals surface area contributed by atoms with Gasteiger partial charge in [-0.25, -0.2) is 0 Å². The highest BCUT2D eigenvalue weighted by Crippen LogP contribution is 2.19. The first-order valence-corrected chi connectivity index (χ1v) is 5.69. The molecule has 0 saturated carbocycles. The zero-order valence-corrected chi connectivity index (χ0v) is 9.34. The lowest BCUT2D eigenvalue weighted by molar-refractivity contribution is 0.694. The fourth-order valence-electron chi connectivity index (χ4n) is 1.96. The van der Waals surface area contributed by atoms with Crippen LogP contribution in [0.3, 0.4) is 0 Å². The first kappa shape index (κ1) is 10.9. The third-order valence-corrected chi connectivity index (χ3v) is 2.88. The summed E-state index contributed by atoms with van der Waals surface area (Å²) in [5, 5.41) is 0. The lowest BCUT2D eigenvalue weighted by Gasteiger charge is -2.15. The fourth-order valence-corrected chi connectivity index (χ4v) is 1.96. The molecule has 0 fully saturated rings. The number of hydrogen-bond donors (Lipinski definition) is 1. The number of nitrogens with two attached hydrogens (primary N) is 1. The van der Waals surface area contributed by atoms with Gasteiger partial charge in [-0.05, 0) is 24.1 Å². The van der Waals surface area contributed by atoms with Gasteiger partial charge in [-0.2, -0.15) is 0 Å². The van der Waals surface area contributed by atoms with Crippen LogP contribution in [0.5, 0.6) is 0 Å². The van der Waals surface area contributed by atoms with Gasteiger partial charge in [0, 0.05) is 5.92 Å². The highest BCUT2D eigenvalue weighted by atomic mass is 14.5. The second-order valence-corrected chi connectivity index (χ2v) is 4.03. The first-order valence-electron chi connectivity index (χ1n) is 5.69. The van der Waals surface area contributed by atoms with Crippen molar-refractivity contribution in [2.45, 2.75) is 12.3 Å². The molecule has 0 amide bonds. The molecule has 1 nitrogen and oxygen atoms in total. The van der Waals surface area contributed by atoms with Gasteiger partial charge < -0.3 is 5.73 Å². The molecule has 0 saturated heterocycles. The summed E-state index contributed by atoms with van der Waals surface area (Å²) in [6, 6.07) is 21.0. The first-order chi connectivity index (χ1) is 7.90. The molecule has 0 aliphatic heterocycles. The van der Waals surface area contributed by atoms with Crippen LogP contribution in [0.1, 0.15) is 17.0 Å². The maximum absolute atomic E-state index is 5.85. The Labute approximate surface area is 96.9 Å². The Balaban J connectivity index is 2.13. The van der Waals surface area contributed by atoms with Gasteiger partial charge in [0.05, 0.1) is 0 Å². The van der Waals surface area contributed by atoms with Gasteiger partial charge in [-0.15, -0.1) is 0 Å². The molecule has 2 N–H and O–H groups in total. The highest BCUT2D eigenvalue weighted by Gasteiger charge is 2.09. The van der Waals surface area contributed by atoms with E-state index in [0.717, 1.165) is 6.42 Å². The van der Waals surface area contributed by atoms with E-state index < -0.39 is 0 Å². The minimum atomic E-state index is 0.420. The van der Waals surface area contributed by atoms with Crippen molar-refractivity contribution in [1.29, 1.82) is 0 Å². The van der Waals surface area contributed by atoms with Crippen molar-refractivity contribution in [3.8, 4) is 0 Å². The van der Waals surface area contributed by atoms with Crippen LogP contribution in [-0.4, -0.2) is 6.54 Å². The maximum atomic E-state index is 5.85. The molecule has 0 radical (unpaired) electrons. The van der Waals surface area contributed by atoms with Crippen LogP contribution < -0.4 is 5.73 Å². The molecule has 0 heterocycles. The third kappa shape index (κ3) is 2.71. The monoisotopic (exact) mass is 211 g/mol. The van der Waals surface area contributed by atoms with E-state index in [2.05, 4.69) is 48.5 Å². The SMILES string of the molecule is NCC(Cc1ccccc1)c1ccccc1. The molecule has 2 aromatic carbocycles. The van der Waals surface area contributed by atoms with Gasteiger partial charge in [0.1, 0.15) is 0 Å². The summed E-state index contributed by atoms with van der Waals surface area (Å²) in [5.41, 5.74) is 8.53. The van der Waals surface area contributed by atoms with Gasteiger partial charge in [-0.1, -0.05) is 60.7 Å². The lowest BCUT2D eigenvalue weighted by Crippen LogP contribution is -2.14. The highest BCUT2D eigenvalue weighted by molar-refractivity contribution is 5.24. The lowest BCUT2D eigenvalue weighted by atomic mass is 9.92. The summed E-state index contributed by atoms with van der Waals surface area (Å²) in [6.45, 7) is 0.693. The molecular formula is C15H17N. The molecule has 2 rings (SSSR count). The molecule has 0 aliphatic rings. The van der Waals surface area contributed by atoms with Crippen LogP contribution in [0.2, 0.25) is 0 Å². The predicted molar refractivity (Wildman–Crippen MR) is 68.4 cm³/mol. The topological polar surface area (TPSA) is 26.0 Å². The molecule has 0 spiro atoms. The summed E-state index contributed by atoms with van der Waals surface area (Å²) in [6.07, 6.45) is 1.02. The largest absolute Gasteiger partial charge is 0.330 e. The Hall–Kier alpha value is -1.60. The van der Waals surface area contributed by atoms with Gasteiger partial charge in [0.15, 0.2) is 0 Å². The Bertz CT molecular complexity index is 408. The number of rotatable bonds is 4. The van der Waals surface area contributed by atoms with E-state index in [1.807, 2.05) is 12.1 Å². The van der Waals surface area contributed by atoms with Crippen molar-refractivity contribution in [2.24, 2.45) is 5.73 Å². The van der Waals surface area contributed by atoms with E-state index in [9.17, 15) is 0 Å². The van der Waals surface area contributed by atoms with Crippen molar-refractivity contribution >= 4 is 0 Å². The van der Waals surface area contributed by atoms with Crippen LogP contribution in [-0.2, 0) is 6.42 Å². The van der Waals surface area contributed by atoms with E-state index in [0.29, 0.717) is 12.5 Å². The fraction of sp³-hybridized carbons (Fsp3) is 0.200. The Kier molecular flexibility index (Phi) is 3.73. The van der Waals surface area contributed by atoms with Crippen LogP contribution >= 0.6 is 0 Å². The zero-order valence-electron chi connectivity index (χ0n) is 9.34. The standard InChI is InChI=1S/C15H17N/c16-12-15(14-9-5-2-6-10-14)11-13-7-3-1-4-8-13/h1-10,15H,11-12,16H2. The van der Waals surface area contributed by atoms with E-state index in [4.69, 9.17) is 5.73 Å². The van der Waals surface area contributed by atoms with Gasteiger partial charge in [-0.3, -0.25) is 0 Å². The quantitative estimate of drug-likeness (QED) is 0.826. The summed E-state index contributed by atoms with van der Waals surface area (Å²) in [4.78, 5) is 0. The van der Waals surface area contributed by atoms with E-state index in [1.165, 1.54) is 11.1 Å². The molecule has 82 valence electrons. The van der Waals surface area contributed by atoms with E-state index in [-0.39, 0.29) is 0 Å². The van der Waals surface area contributed by atoms with Crippen molar-refractivity contribution in [2.75, 3.05) is 6.54 Å². The average molecular weight is 211 g/mol. The summed E-state index contributed by atoms with van der Waals surface area (Å²) < 4.78 is 0. The molecule has 1 atom stereocenters. The smallest absolute Gasteiger partial charge is 0.000157 e. The Morgan fingerprint density at radius 1 is 0.812 bits per heavy atom. The molecule has 16 heavy (non-hydrogen) atoms. The van der Waals surface area contributed by atoms with Gasteiger partial charge in [0.25, 0.3) is 0 Å². The predicted octanol–water partition coefficient (Wildman–Crippen LogP) is 2.97. The van der Waals surface area contributed by atoms with E-state index in [1.54, 1.807) is 0 Å². The Morgan fingerprint density at radius 3 is 1.94 bits per heavy atom. The van der Waals surface area contributed by atoms with Crippen LogP contribution in [0.15, 0.2) is 60.7 Å². The van der Waals surface area contributed by atoms with Gasteiger partial charge in [0.2, 0.25) is 0 Å². The van der Waals surface area contributed by atoms with Crippen LogP contribution in [0.25, 0.3) is 0 Å². The minimum Gasteiger partial charge on any atom is -0.330 e. The molecule has 2 aromatic rings. The van der Waals surface area contributed by atoms with E-state index >= 15 is 0 Å². The van der Waals surface area contributed by atoms with Crippen LogP contribution in [0.4, 0.5) is 0 Å². The molecule has 1 heteroatoms. The summed E-state index contributed by atoms with van der Waals surface area (Å²) in [5.74, 6) is 0.420. The molecule has 0 aliphatic carbocycles. The molecule has 1 unspecified atom stereocenters. The third-order valence-electron chi connectivity index (χ3n) is 2.88. The van der Waals surface area contributed by atoms with Crippen molar-refractivity contribution in [3.63, 3.8) is 0 Å². The summed E-state index contributed by atoms with van der Waals surface area (Å²) in [7, 11) is 0. The Morgan fingerprint density at radius 2 is 1.38 bits per heavy atom. The average Bonchev–Trinajstić information content (AvgIpc) is 2.38. The zero-order chi connectivity index (χ0) is 11.2. The summed E-state index contributed by atoms with van der Waals surface area (Å²) >= 11 is 0. The second kappa shape index (κ2) is 5.47. The molecule has 0 aromatic heterocycles. The second-order valence-electron chi connectivity index (χ2n) is 4.03. The number of benzene rings is 2. The van der Waals surface area contributed by atoms with Crippen molar-refractivity contribution in [3.05, 3.63) is 71.8 Å². The molecular weight excluding hydrogens is 194 g/mol.